The molecule has 3 heteroatoms. The van der Waals surface area contributed by atoms with Crippen molar-refractivity contribution in [1.82, 2.24) is 4.98 Å². The Morgan fingerprint density at radius 1 is 1.43 bits per heavy atom. The first kappa shape index (κ1) is 9.01. The first-order valence-corrected chi connectivity index (χ1v) is 4.85. The van der Waals surface area contributed by atoms with E-state index >= 15 is 0 Å². The molecule has 3 nitrogen and oxygen atoms in total. The Morgan fingerprint density at radius 2 is 2.14 bits per heavy atom. The molecular weight excluding hydrogens is 174 g/mol. The third kappa shape index (κ3) is 1.33. The average molecular weight is 187 g/mol. The van der Waals surface area contributed by atoms with Crippen LogP contribution in [-0.2, 0) is 0 Å². The Kier molecular flexibility index (Phi) is 2.12. The molecule has 1 fully saturated rings. The lowest BCUT2D eigenvalue weighted by Crippen LogP contribution is -2.38. The van der Waals surface area contributed by atoms with Gasteiger partial charge in [0.2, 0.25) is 0 Å². The van der Waals surface area contributed by atoms with Crippen molar-refractivity contribution in [1.29, 1.82) is 5.26 Å². The van der Waals surface area contributed by atoms with Gasteiger partial charge in [-0.15, -0.1) is 0 Å². The van der Waals surface area contributed by atoms with Crippen LogP contribution in [0.1, 0.15) is 23.2 Å². The molecular formula is C11H13N3. The lowest BCUT2D eigenvalue weighted by Gasteiger charge is -2.33. The number of hydrogen-bond donors (Lipinski definition) is 0. The number of rotatable bonds is 1. The van der Waals surface area contributed by atoms with Crippen molar-refractivity contribution in [2.75, 3.05) is 18.0 Å². The molecule has 1 aliphatic heterocycles. The van der Waals surface area contributed by atoms with Crippen LogP contribution in [0, 0.1) is 25.2 Å². The minimum absolute atomic E-state index is 0.732. The molecule has 1 aromatic heterocycles. The molecule has 72 valence electrons. The molecule has 0 aromatic carbocycles. The predicted octanol–water partition coefficient (Wildman–Crippen LogP) is 1.78. The summed E-state index contributed by atoms with van der Waals surface area (Å²) >= 11 is 0. The van der Waals surface area contributed by atoms with Crippen molar-refractivity contribution in [3.8, 4) is 6.07 Å². The van der Waals surface area contributed by atoms with Gasteiger partial charge in [0.05, 0.1) is 5.56 Å². The lowest BCUT2D eigenvalue weighted by atomic mass is 10.1. The standard InChI is InChI=1S/C11H13N3/c1-8-6-9(2)13-11(10(8)7-12)14-4-3-5-14/h6H,3-5H2,1-2H3. The summed E-state index contributed by atoms with van der Waals surface area (Å²) in [5, 5.41) is 9.04. The smallest absolute Gasteiger partial charge is 0.147 e. The van der Waals surface area contributed by atoms with Gasteiger partial charge >= 0.3 is 0 Å². The zero-order valence-corrected chi connectivity index (χ0v) is 8.54. The summed E-state index contributed by atoms with van der Waals surface area (Å²) in [7, 11) is 0. The van der Waals surface area contributed by atoms with Crippen LogP contribution in [-0.4, -0.2) is 18.1 Å². The first-order chi connectivity index (χ1) is 6.72. The highest BCUT2D eigenvalue weighted by Gasteiger charge is 2.20. The molecule has 1 saturated heterocycles. The molecule has 0 amide bonds. The molecule has 14 heavy (non-hydrogen) atoms. The maximum Gasteiger partial charge on any atom is 0.147 e. The zero-order chi connectivity index (χ0) is 10.1. The summed E-state index contributed by atoms with van der Waals surface area (Å²) in [6, 6.07) is 4.20. The summed E-state index contributed by atoms with van der Waals surface area (Å²) in [5.41, 5.74) is 2.75. The number of nitriles is 1. The van der Waals surface area contributed by atoms with Gasteiger partial charge in [-0.05, 0) is 31.9 Å². The fourth-order valence-electron chi connectivity index (χ4n) is 1.71. The number of pyridine rings is 1. The number of anilines is 1. The van der Waals surface area contributed by atoms with Crippen LogP contribution < -0.4 is 4.90 Å². The van der Waals surface area contributed by atoms with Gasteiger partial charge in [0.1, 0.15) is 11.9 Å². The van der Waals surface area contributed by atoms with Crippen LogP contribution in [0.5, 0.6) is 0 Å². The predicted molar refractivity (Wildman–Crippen MR) is 55.3 cm³/mol. The molecule has 0 spiro atoms. The minimum Gasteiger partial charge on any atom is -0.355 e. The Hall–Kier alpha value is -1.56. The highest BCUT2D eigenvalue weighted by Crippen LogP contribution is 2.25. The van der Waals surface area contributed by atoms with Crippen LogP contribution in [0.25, 0.3) is 0 Å². The van der Waals surface area contributed by atoms with E-state index in [2.05, 4.69) is 16.0 Å². The van der Waals surface area contributed by atoms with Crippen molar-refractivity contribution < 1.29 is 0 Å². The van der Waals surface area contributed by atoms with Gasteiger partial charge in [-0.3, -0.25) is 0 Å². The third-order valence-corrected chi connectivity index (χ3v) is 2.59. The SMILES string of the molecule is Cc1cc(C)c(C#N)c(N2CCC2)n1. The molecule has 0 N–H and O–H groups in total. The van der Waals surface area contributed by atoms with Gasteiger partial charge in [-0.25, -0.2) is 4.98 Å². The fraction of sp³-hybridized carbons (Fsp3) is 0.455. The van der Waals surface area contributed by atoms with Gasteiger partial charge in [-0.1, -0.05) is 0 Å². The third-order valence-electron chi connectivity index (χ3n) is 2.59. The van der Waals surface area contributed by atoms with Gasteiger partial charge in [0, 0.05) is 18.8 Å². The Morgan fingerprint density at radius 3 is 2.64 bits per heavy atom. The van der Waals surface area contributed by atoms with Crippen molar-refractivity contribution in [2.45, 2.75) is 20.3 Å². The highest BCUT2D eigenvalue weighted by molar-refractivity contribution is 5.59. The molecule has 0 bridgehead atoms. The minimum atomic E-state index is 0.732. The van der Waals surface area contributed by atoms with Crippen LogP contribution >= 0.6 is 0 Å². The molecule has 1 aromatic rings. The summed E-state index contributed by atoms with van der Waals surface area (Å²) < 4.78 is 0. The summed E-state index contributed by atoms with van der Waals surface area (Å²) in [5.74, 6) is 0.872. The second kappa shape index (κ2) is 3.30. The largest absolute Gasteiger partial charge is 0.355 e. The Bertz CT molecular complexity index is 400. The second-order valence-electron chi connectivity index (χ2n) is 3.73. The molecule has 2 rings (SSSR count). The molecule has 0 saturated carbocycles. The molecule has 1 aliphatic rings. The summed E-state index contributed by atoms with van der Waals surface area (Å²) in [6.45, 7) is 6.00. The molecule has 0 aliphatic carbocycles. The number of aromatic nitrogens is 1. The van der Waals surface area contributed by atoms with E-state index in [-0.39, 0.29) is 0 Å². The molecule has 2 heterocycles. The van der Waals surface area contributed by atoms with Gasteiger partial charge in [-0.2, -0.15) is 5.26 Å². The lowest BCUT2D eigenvalue weighted by molar-refractivity contribution is 0.608. The normalized spacial score (nSPS) is 14.8. The number of hydrogen-bond acceptors (Lipinski definition) is 3. The van der Waals surface area contributed by atoms with Crippen LogP contribution in [0.4, 0.5) is 5.82 Å². The van der Waals surface area contributed by atoms with Gasteiger partial charge < -0.3 is 4.90 Å². The van der Waals surface area contributed by atoms with Crippen LogP contribution in [0.15, 0.2) is 6.07 Å². The van der Waals surface area contributed by atoms with Gasteiger partial charge in [0.15, 0.2) is 0 Å². The Labute approximate surface area is 84.0 Å². The number of nitrogens with zero attached hydrogens (tertiary/aromatic N) is 3. The van der Waals surface area contributed by atoms with Crippen molar-refractivity contribution in [3.63, 3.8) is 0 Å². The quantitative estimate of drug-likeness (QED) is 0.672. The second-order valence-corrected chi connectivity index (χ2v) is 3.73. The Balaban J connectivity index is 2.50. The van der Waals surface area contributed by atoms with E-state index in [1.165, 1.54) is 6.42 Å². The molecule has 0 radical (unpaired) electrons. The van der Waals surface area contributed by atoms with Crippen molar-refractivity contribution in [3.05, 3.63) is 22.9 Å². The van der Waals surface area contributed by atoms with Crippen molar-refractivity contribution in [2.24, 2.45) is 0 Å². The summed E-state index contributed by atoms with van der Waals surface area (Å²) in [6.07, 6.45) is 1.21. The van der Waals surface area contributed by atoms with E-state index in [9.17, 15) is 0 Å². The van der Waals surface area contributed by atoms with E-state index < -0.39 is 0 Å². The van der Waals surface area contributed by atoms with Gasteiger partial charge in [0.25, 0.3) is 0 Å². The van der Waals surface area contributed by atoms with E-state index in [0.29, 0.717) is 0 Å². The van der Waals surface area contributed by atoms with E-state index in [1.807, 2.05) is 19.9 Å². The maximum atomic E-state index is 9.04. The fourth-order valence-corrected chi connectivity index (χ4v) is 1.71. The molecule has 0 atom stereocenters. The van der Waals surface area contributed by atoms with E-state index in [0.717, 1.165) is 35.7 Å². The monoisotopic (exact) mass is 187 g/mol. The summed E-state index contributed by atoms with van der Waals surface area (Å²) in [4.78, 5) is 6.60. The zero-order valence-electron chi connectivity index (χ0n) is 8.54. The highest BCUT2D eigenvalue weighted by atomic mass is 15.2. The van der Waals surface area contributed by atoms with E-state index in [1.54, 1.807) is 0 Å². The van der Waals surface area contributed by atoms with E-state index in [4.69, 9.17) is 5.26 Å². The maximum absolute atomic E-state index is 9.04. The van der Waals surface area contributed by atoms with Crippen molar-refractivity contribution >= 4 is 5.82 Å². The average Bonchev–Trinajstić information content (AvgIpc) is 1.99. The number of aryl methyl sites for hydroxylation is 2. The molecule has 0 unspecified atom stereocenters. The van der Waals surface area contributed by atoms with Crippen LogP contribution in [0.2, 0.25) is 0 Å². The van der Waals surface area contributed by atoms with Crippen LogP contribution in [0.3, 0.4) is 0 Å². The topological polar surface area (TPSA) is 39.9 Å². The first-order valence-electron chi connectivity index (χ1n) is 4.85.